The van der Waals surface area contributed by atoms with E-state index < -0.39 is 0 Å². The lowest BCUT2D eigenvalue weighted by Gasteiger charge is -2.04. The molecule has 0 aromatic carbocycles. The quantitative estimate of drug-likeness (QED) is 0.642. The van der Waals surface area contributed by atoms with Gasteiger partial charge in [-0.05, 0) is 0 Å². The lowest BCUT2D eigenvalue weighted by Crippen LogP contribution is -2.03. The maximum absolute atomic E-state index is 8.52. The van der Waals surface area contributed by atoms with Crippen LogP contribution in [0.4, 0.5) is 5.95 Å². The van der Waals surface area contributed by atoms with E-state index in [9.17, 15) is 0 Å². The minimum Gasteiger partial charge on any atom is -0.477 e. The minimum absolute atomic E-state index is 0.129. The predicted molar refractivity (Wildman–Crippen MR) is 48.8 cm³/mol. The molecule has 5 nitrogen and oxygen atoms in total. The van der Waals surface area contributed by atoms with Gasteiger partial charge in [0.05, 0.1) is 6.61 Å². The van der Waals surface area contributed by atoms with Gasteiger partial charge in [-0.3, -0.25) is 0 Å². The van der Waals surface area contributed by atoms with Crippen LogP contribution in [0.15, 0.2) is 12.3 Å². The van der Waals surface area contributed by atoms with Crippen molar-refractivity contribution in [1.82, 2.24) is 9.97 Å². The van der Waals surface area contributed by atoms with Gasteiger partial charge in [0.15, 0.2) is 0 Å². The maximum atomic E-state index is 8.52. The van der Waals surface area contributed by atoms with Crippen molar-refractivity contribution in [2.24, 2.45) is 0 Å². The van der Waals surface area contributed by atoms with Crippen LogP contribution in [-0.4, -0.2) is 35.3 Å². The van der Waals surface area contributed by atoms with Crippen LogP contribution in [0, 0.1) is 0 Å². The third kappa shape index (κ3) is 3.25. The summed E-state index contributed by atoms with van der Waals surface area (Å²) in [5, 5.41) is 11.3. The Hall–Kier alpha value is -1.36. The van der Waals surface area contributed by atoms with Gasteiger partial charge in [-0.2, -0.15) is 4.98 Å². The smallest absolute Gasteiger partial charge is 0.225 e. The molecule has 0 unspecified atom stereocenters. The zero-order valence-corrected chi connectivity index (χ0v) is 7.53. The van der Waals surface area contributed by atoms with E-state index in [0.29, 0.717) is 24.9 Å². The summed E-state index contributed by atoms with van der Waals surface area (Å²) in [4.78, 5) is 7.97. The largest absolute Gasteiger partial charge is 0.477 e. The van der Waals surface area contributed by atoms with Crippen molar-refractivity contribution in [3.8, 4) is 5.88 Å². The van der Waals surface area contributed by atoms with Crippen LogP contribution in [0.2, 0.25) is 0 Å². The Morgan fingerprint density at radius 1 is 1.62 bits per heavy atom. The summed E-state index contributed by atoms with van der Waals surface area (Å²) < 4.78 is 5.24. The number of anilines is 1. The van der Waals surface area contributed by atoms with Gasteiger partial charge < -0.3 is 15.2 Å². The highest BCUT2D eigenvalue weighted by atomic mass is 16.5. The number of nitrogens with zero attached hydrogens (tertiary/aromatic N) is 2. The highest BCUT2D eigenvalue weighted by molar-refractivity contribution is 5.25. The van der Waals surface area contributed by atoms with Crippen molar-refractivity contribution in [3.63, 3.8) is 0 Å². The average Bonchev–Trinajstić information content (AvgIpc) is 2.19. The van der Waals surface area contributed by atoms with E-state index in [1.54, 1.807) is 19.3 Å². The van der Waals surface area contributed by atoms with E-state index in [1.165, 1.54) is 0 Å². The van der Waals surface area contributed by atoms with E-state index in [2.05, 4.69) is 15.3 Å². The van der Waals surface area contributed by atoms with E-state index >= 15 is 0 Å². The molecule has 1 aromatic heterocycles. The molecule has 0 saturated carbocycles. The third-order valence-electron chi connectivity index (χ3n) is 1.41. The van der Waals surface area contributed by atoms with E-state index in [1.807, 2.05) is 0 Å². The monoisotopic (exact) mass is 183 g/mol. The summed E-state index contributed by atoms with van der Waals surface area (Å²) >= 11 is 0. The number of aromatic nitrogens is 2. The van der Waals surface area contributed by atoms with Gasteiger partial charge in [0.1, 0.15) is 0 Å². The first-order chi connectivity index (χ1) is 6.36. The summed E-state index contributed by atoms with van der Waals surface area (Å²) in [6, 6.07) is 1.68. The van der Waals surface area contributed by atoms with Crippen LogP contribution in [-0.2, 0) is 0 Å². The Balaban J connectivity index is 2.46. The van der Waals surface area contributed by atoms with Crippen LogP contribution in [0.5, 0.6) is 5.88 Å². The fraction of sp³-hybridized carbons (Fsp3) is 0.500. The fourth-order valence-corrected chi connectivity index (χ4v) is 0.784. The Morgan fingerprint density at radius 3 is 3.15 bits per heavy atom. The molecular formula is C8H13N3O2. The topological polar surface area (TPSA) is 67.3 Å². The van der Waals surface area contributed by atoms with Gasteiger partial charge in [0.2, 0.25) is 11.8 Å². The first-order valence-electron chi connectivity index (χ1n) is 4.11. The second kappa shape index (κ2) is 5.31. The lowest BCUT2D eigenvalue weighted by molar-refractivity contribution is 0.229. The molecule has 0 amide bonds. The number of rotatable bonds is 5. The molecule has 5 heteroatoms. The van der Waals surface area contributed by atoms with Gasteiger partial charge >= 0.3 is 0 Å². The summed E-state index contributed by atoms with van der Waals surface area (Å²) in [6.45, 7) is 0.598. The number of hydrogen-bond donors (Lipinski definition) is 2. The Morgan fingerprint density at radius 2 is 2.46 bits per heavy atom. The van der Waals surface area contributed by atoms with Crippen molar-refractivity contribution in [1.29, 1.82) is 0 Å². The number of nitrogens with one attached hydrogen (secondary N) is 1. The second-order valence-electron chi connectivity index (χ2n) is 2.39. The van der Waals surface area contributed by atoms with E-state index in [-0.39, 0.29) is 6.61 Å². The molecule has 1 aromatic rings. The Labute approximate surface area is 76.8 Å². The van der Waals surface area contributed by atoms with Crippen LogP contribution in [0.25, 0.3) is 0 Å². The molecule has 1 rings (SSSR count). The molecule has 0 spiro atoms. The molecule has 2 N–H and O–H groups in total. The normalized spacial score (nSPS) is 9.69. The molecule has 0 bridgehead atoms. The van der Waals surface area contributed by atoms with Gasteiger partial charge in [-0.1, -0.05) is 0 Å². The van der Waals surface area contributed by atoms with E-state index in [4.69, 9.17) is 9.84 Å². The molecule has 13 heavy (non-hydrogen) atoms. The molecule has 0 saturated heterocycles. The van der Waals surface area contributed by atoms with Crippen molar-refractivity contribution in [2.45, 2.75) is 6.42 Å². The maximum Gasteiger partial charge on any atom is 0.225 e. The van der Waals surface area contributed by atoms with Crippen molar-refractivity contribution in [2.75, 3.05) is 25.6 Å². The number of aliphatic hydroxyl groups is 1. The standard InChI is InChI=1S/C8H13N3O2/c1-9-8-10-4-3-7(11-8)13-6-2-5-12/h3-4,12H,2,5-6H2,1H3,(H,9,10,11). The molecule has 0 radical (unpaired) electrons. The molecule has 1 heterocycles. The number of hydrogen-bond acceptors (Lipinski definition) is 5. The van der Waals surface area contributed by atoms with Crippen molar-refractivity contribution in [3.05, 3.63) is 12.3 Å². The minimum atomic E-state index is 0.129. The van der Waals surface area contributed by atoms with Crippen LogP contribution in [0.1, 0.15) is 6.42 Å². The summed E-state index contributed by atoms with van der Waals surface area (Å²) in [6.07, 6.45) is 2.23. The first-order valence-corrected chi connectivity index (χ1v) is 4.11. The molecule has 0 fully saturated rings. The highest BCUT2D eigenvalue weighted by Crippen LogP contribution is 2.07. The van der Waals surface area contributed by atoms with Gasteiger partial charge in [-0.15, -0.1) is 0 Å². The Bertz CT molecular complexity index is 255. The lowest BCUT2D eigenvalue weighted by atomic mass is 10.5. The molecule has 0 aliphatic rings. The van der Waals surface area contributed by atoms with Crippen LogP contribution < -0.4 is 10.1 Å². The molecule has 0 aliphatic carbocycles. The number of aliphatic hydroxyl groups excluding tert-OH is 1. The van der Waals surface area contributed by atoms with Crippen molar-refractivity contribution < 1.29 is 9.84 Å². The summed E-state index contributed by atoms with van der Waals surface area (Å²) in [5.74, 6) is 1.05. The highest BCUT2D eigenvalue weighted by Gasteiger charge is 1.96. The Kier molecular flexibility index (Phi) is 3.98. The SMILES string of the molecule is CNc1nccc(OCCCO)n1. The van der Waals surface area contributed by atoms with Crippen LogP contribution >= 0.6 is 0 Å². The summed E-state index contributed by atoms with van der Waals surface area (Å²) in [7, 11) is 1.74. The van der Waals surface area contributed by atoms with E-state index in [0.717, 1.165) is 0 Å². The summed E-state index contributed by atoms with van der Waals surface area (Å²) in [5.41, 5.74) is 0. The number of ether oxygens (including phenoxy) is 1. The third-order valence-corrected chi connectivity index (χ3v) is 1.41. The predicted octanol–water partition coefficient (Wildman–Crippen LogP) is 0.279. The van der Waals surface area contributed by atoms with Crippen LogP contribution in [0.3, 0.4) is 0 Å². The average molecular weight is 183 g/mol. The molecular weight excluding hydrogens is 170 g/mol. The zero-order valence-electron chi connectivity index (χ0n) is 7.53. The second-order valence-corrected chi connectivity index (χ2v) is 2.39. The van der Waals surface area contributed by atoms with Gasteiger partial charge in [0.25, 0.3) is 0 Å². The van der Waals surface area contributed by atoms with Gasteiger partial charge in [0, 0.05) is 32.3 Å². The molecule has 0 atom stereocenters. The zero-order chi connectivity index (χ0) is 9.52. The molecule has 0 aliphatic heterocycles. The van der Waals surface area contributed by atoms with Gasteiger partial charge in [-0.25, -0.2) is 4.98 Å². The first kappa shape index (κ1) is 9.73. The van der Waals surface area contributed by atoms with Crippen molar-refractivity contribution >= 4 is 5.95 Å². The fourth-order valence-electron chi connectivity index (χ4n) is 0.784. The molecule has 72 valence electrons.